The van der Waals surface area contributed by atoms with Crippen molar-refractivity contribution < 1.29 is 18.3 Å². The number of rotatable bonds is 9. The van der Waals surface area contributed by atoms with Crippen LogP contribution in [0.1, 0.15) is 30.9 Å². The number of ether oxygens (including phenoxy) is 1. The molecule has 1 fully saturated rings. The largest absolute Gasteiger partial charge is 0.434 e. The predicted molar refractivity (Wildman–Crippen MR) is 112 cm³/mol. The number of hydrogen-bond donors (Lipinski definition) is 3. The van der Waals surface area contributed by atoms with Crippen LogP contribution >= 0.6 is 24.0 Å². The quantitative estimate of drug-likeness (QED) is 0.213. The molecule has 1 aromatic rings. The van der Waals surface area contributed by atoms with E-state index in [9.17, 15) is 13.6 Å². The van der Waals surface area contributed by atoms with Crippen LogP contribution in [0.2, 0.25) is 0 Å². The van der Waals surface area contributed by atoms with Crippen molar-refractivity contribution >= 4 is 35.8 Å². The molecule has 0 atom stereocenters. The Balaban J connectivity index is 0.00000364. The van der Waals surface area contributed by atoms with Crippen molar-refractivity contribution in [1.29, 1.82) is 0 Å². The van der Waals surface area contributed by atoms with Gasteiger partial charge in [-0.05, 0) is 32.8 Å². The molecule has 0 unspecified atom stereocenters. The number of nitrogens with zero attached hydrogens (tertiary/aromatic N) is 1. The van der Waals surface area contributed by atoms with Crippen molar-refractivity contribution in [3.8, 4) is 5.75 Å². The van der Waals surface area contributed by atoms with E-state index in [1.54, 1.807) is 12.1 Å². The van der Waals surface area contributed by atoms with E-state index in [-0.39, 0.29) is 48.1 Å². The molecule has 1 saturated carbocycles. The summed E-state index contributed by atoms with van der Waals surface area (Å²) < 4.78 is 29.6. The summed E-state index contributed by atoms with van der Waals surface area (Å²) >= 11 is 0. The maximum absolute atomic E-state index is 12.5. The second-order valence-corrected chi connectivity index (χ2v) is 6.18. The van der Waals surface area contributed by atoms with Crippen molar-refractivity contribution in [2.24, 2.45) is 10.9 Å². The van der Waals surface area contributed by atoms with Crippen molar-refractivity contribution in [3.05, 3.63) is 29.3 Å². The zero-order chi connectivity index (χ0) is 18.9. The lowest BCUT2D eigenvalue weighted by Crippen LogP contribution is -2.41. The molecule has 0 spiro atoms. The normalized spacial score (nSPS) is 13.7. The first-order valence-electron chi connectivity index (χ1n) is 8.83. The molecule has 1 aliphatic carbocycles. The van der Waals surface area contributed by atoms with Crippen molar-refractivity contribution in [3.63, 3.8) is 0 Å². The first-order valence-corrected chi connectivity index (χ1v) is 8.83. The van der Waals surface area contributed by atoms with Gasteiger partial charge >= 0.3 is 6.61 Å². The Kier molecular flexibility index (Phi) is 10.3. The van der Waals surface area contributed by atoms with Gasteiger partial charge in [-0.2, -0.15) is 8.78 Å². The molecule has 3 N–H and O–H groups in total. The molecule has 9 heteroatoms. The molecule has 6 nitrogen and oxygen atoms in total. The summed E-state index contributed by atoms with van der Waals surface area (Å²) in [4.78, 5) is 16.0. The minimum absolute atomic E-state index is 0. The summed E-state index contributed by atoms with van der Waals surface area (Å²) in [5, 5.41) is 9.07. The number of carbonyl (C=O) groups is 1. The zero-order valence-electron chi connectivity index (χ0n) is 15.6. The van der Waals surface area contributed by atoms with Gasteiger partial charge in [0.15, 0.2) is 5.96 Å². The first kappa shape index (κ1) is 23.4. The molecule has 1 aliphatic rings. The topological polar surface area (TPSA) is 74.8 Å². The molecule has 0 aliphatic heterocycles. The highest BCUT2D eigenvalue weighted by Crippen LogP contribution is 2.28. The Bertz CT molecular complexity index is 640. The van der Waals surface area contributed by atoms with E-state index >= 15 is 0 Å². The van der Waals surface area contributed by atoms with Crippen molar-refractivity contribution in [2.75, 3.05) is 19.6 Å². The number of guanidine groups is 1. The lowest BCUT2D eigenvalue weighted by molar-refractivity contribution is -0.122. The van der Waals surface area contributed by atoms with E-state index in [0.717, 1.165) is 18.4 Å². The van der Waals surface area contributed by atoms with Gasteiger partial charge in [0.1, 0.15) is 5.75 Å². The fourth-order valence-corrected chi connectivity index (χ4v) is 2.41. The summed E-state index contributed by atoms with van der Waals surface area (Å²) in [6.07, 6.45) is 1.95. The van der Waals surface area contributed by atoms with E-state index in [4.69, 9.17) is 0 Å². The number of hydrogen-bond acceptors (Lipinski definition) is 3. The van der Waals surface area contributed by atoms with Crippen molar-refractivity contribution in [1.82, 2.24) is 16.0 Å². The van der Waals surface area contributed by atoms with Gasteiger partial charge in [-0.1, -0.05) is 17.7 Å². The Morgan fingerprint density at radius 3 is 2.59 bits per heavy atom. The lowest BCUT2D eigenvalue weighted by Gasteiger charge is -2.13. The first-order chi connectivity index (χ1) is 12.5. The second kappa shape index (κ2) is 11.9. The van der Waals surface area contributed by atoms with Gasteiger partial charge in [0.25, 0.3) is 0 Å². The minimum atomic E-state index is -2.87. The monoisotopic (exact) mass is 496 g/mol. The number of amides is 1. The smallest absolute Gasteiger partial charge is 0.387 e. The highest BCUT2D eigenvalue weighted by molar-refractivity contribution is 14.0. The van der Waals surface area contributed by atoms with E-state index in [0.29, 0.717) is 31.2 Å². The van der Waals surface area contributed by atoms with Crippen LogP contribution in [0.3, 0.4) is 0 Å². The third kappa shape index (κ3) is 8.72. The summed E-state index contributed by atoms with van der Waals surface area (Å²) in [7, 11) is 0. The molecule has 0 saturated heterocycles. The van der Waals surface area contributed by atoms with Crippen molar-refractivity contribution in [2.45, 2.75) is 39.8 Å². The number of aliphatic imine (C=N–C) groups is 1. The van der Waals surface area contributed by atoms with E-state index in [2.05, 4.69) is 25.7 Å². The molecule has 27 heavy (non-hydrogen) atoms. The molecule has 0 aromatic heterocycles. The summed E-state index contributed by atoms with van der Waals surface area (Å²) in [6, 6.07) is 5.03. The Morgan fingerprint density at radius 1 is 1.26 bits per heavy atom. The van der Waals surface area contributed by atoms with Gasteiger partial charge < -0.3 is 20.7 Å². The van der Waals surface area contributed by atoms with E-state index < -0.39 is 6.61 Å². The number of alkyl halides is 2. The average molecular weight is 496 g/mol. The molecular formula is C18H27F2IN4O2. The number of benzene rings is 1. The van der Waals surface area contributed by atoms with Crippen LogP contribution in [-0.4, -0.2) is 38.1 Å². The molecular weight excluding hydrogens is 469 g/mol. The fraction of sp³-hybridized carbons (Fsp3) is 0.556. The molecule has 1 aromatic carbocycles. The second-order valence-electron chi connectivity index (χ2n) is 6.18. The highest BCUT2D eigenvalue weighted by atomic mass is 127. The summed E-state index contributed by atoms with van der Waals surface area (Å²) in [6.45, 7) is 2.83. The number of halogens is 3. The van der Waals surface area contributed by atoms with Crippen LogP contribution in [-0.2, 0) is 11.3 Å². The Labute approximate surface area is 175 Å². The highest BCUT2D eigenvalue weighted by Gasteiger charge is 2.28. The van der Waals surface area contributed by atoms with Gasteiger partial charge in [0.2, 0.25) is 5.91 Å². The van der Waals surface area contributed by atoms with Crippen LogP contribution in [0.25, 0.3) is 0 Å². The molecule has 0 heterocycles. The summed E-state index contributed by atoms with van der Waals surface area (Å²) in [5.74, 6) is 0.966. The summed E-state index contributed by atoms with van der Waals surface area (Å²) in [5.41, 5.74) is 1.53. The zero-order valence-corrected chi connectivity index (χ0v) is 17.9. The van der Waals surface area contributed by atoms with Crippen LogP contribution < -0.4 is 20.7 Å². The van der Waals surface area contributed by atoms with Crippen LogP contribution in [0.4, 0.5) is 8.78 Å². The minimum Gasteiger partial charge on any atom is -0.434 e. The average Bonchev–Trinajstić information content (AvgIpc) is 3.43. The van der Waals surface area contributed by atoms with Crippen LogP contribution in [0.15, 0.2) is 23.2 Å². The van der Waals surface area contributed by atoms with Gasteiger partial charge in [-0.3, -0.25) is 4.79 Å². The number of nitrogens with one attached hydrogen (secondary N) is 3. The van der Waals surface area contributed by atoms with Crippen LogP contribution in [0, 0.1) is 12.8 Å². The maximum atomic E-state index is 12.5. The standard InChI is InChI=1S/C18H26F2N4O2.HI/c1-3-21-18(23-9-8-22-16(25)13-5-6-13)24-11-14-10-12(2)4-7-15(14)26-17(19)20;/h4,7,10,13,17H,3,5-6,8-9,11H2,1-2H3,(H,22,25)(H2,21,23,24);1H. The fourth-order valence-electron chi connectivity index (χ4n) is 2.41. The molecule has 1 amide bonds. The maximum Gasteiger partial charge on any atom is 0.387 e. The number of carbonyl (C=O) groups excluding carboxylic acids is 1. The lowest BCUT2D eigenvalue weighted by atomic mass is 10.1. The molecule has 2 rings (SSSR count). The van der Waals surface area contributed by atoms with Gasteiger partial charge in [-0.25, -0.2) is 4.99 Å². The molecule has 0 radical (unpaired) electrons. The van der Waals surface area contributed by atoms with E-state index in [1.165, 1.54) is 6.07 Å². The molecule has 0 bridgehead atoms. The molecule has 152 valence electrons. The van der Waals surface area contributed by atoms with Gasteiger partial charge in [-0.15, -0.1) is 24.0 Å². The van der Waals surface area contributed by atoms with Crippen LogP contribution in [0.5, 0.6) is 5.75 Å². The third-order valence-corrected chi connectivity index (χ3v) is 3.85. The Hall–Kier alpha value is -1.65. The predicted octanol–water partition coefficient (Wildman–Crippen LogP) is 2.80. The van der Waals surface area contributed by atoms with Gasteiger partial charge in [0.05, 0.1) is 6.54 Å². The SMILES string of the molecule is CCNC(=NCc1cc(C)ccc1OC(F)F)NCCNC(=O)C1CC1.I. The van der Waals surface area contributed by atoms with E-state index in [1.807, 2.05) is 13.8 Å². The third-order valence-electron chi connectivity index (χ3n) is 3.85. The Morgan fingerprint density at radius 2 is 1.96 bits per heavy atom. The number of aryl methyl sites for hydroxylation is 1. The van der Waals surface area contributed by atoms with Gasteiger partial charge in [0, 0.05) is 31.1 Å².